The van der Waals surface area contributed by atoms with E-state index in [1.807, 2.05) is 25.1 Å². The fraction of sp³-hybridized carbons (Fsp3) is 0.364. The minimum Gasteiger partial charge on any atom is -0.496 e. The fourth-order valence-corrected chi connectivity index (χ4v) is 1.74. The predicted molar refractivity (Wildman–Crippen MR) is 84.8 cm³/mol. The number of hydrogen-bond donors (Lipinski definition) is 2. The van der Waals surface area contributed by atoms with Gasteiger partial charge in [0.2, 0.25) is 0 Å². The van der Waals surface area contributed by atoms with Gasteiger partial charge < -0.3 is 16.2 Å². The van der Waals surface area contributed by atoms with Gasteiger partial charge in [0.05, 0.1) is 12.8 Å². The molecule has 0 aromatic heterocycles. The maximum atomic E-state index is 5.73. The van der Waals surface area contributed by atoms with Crippen LogP contribution < -0.4 is 16.2 Å². The number of ether oxygens (including phenoxy) is 1. The molecule has 1 aromatic carbocycles. The van der Waals surface area contributed by atoms with Gasteiger partial charge in [-0.05, 0) is 11.8 Å². The molecule has 0 amide bonds. The van der Waals surface area contributed by atoms with Crippen LogP contribution in [0.25, 0.3) is 0 Å². The Labute approximate surface area is 124 Å². The summed E-state index contributed by atoms with van der Waals surface area (Å²) >= 11 is 1.51. The summed E-state index contributed by atoms with van der Waals surface area (Å²) in [4.78, 5) is 4.27. The average molecular weight is 312 g/mol. The molecule has 1 aromatic rings. The normalized spacial score (nSPS) is 10.3. The maximum Gasteiger partial charge on any atom is 0.159 e. The lowest BCUT2D eigenvalue weighted by molar-refractivity contribution is 0.410. The summed E-state index contributed by atoms with van der Waals surface area (Å²) in [5.74, 6) is 1.66. The highest BCUT2D eigenvalue weighted by Gasteiger charge is 2.02. The van der Waals surface area contributed by atoms with E-state index in [4.69, 9.17) is 16.2 Å². The molecule has 0 aliphatic heterocycles. The number of halogens is 2. The second-order valence-electron chi connectivity index (χ2n) is 3.08. The van der Waals surface area contributed by atoms with Gasteiger partial charge in [0.25, 0.3) is 0 Å². The van der Waals surface area contributed by atoms with E-state index < -0.39 is 0 Å². The second-order valence-corrected chi connectivity index (χ2v) is 4.37. The van der Waals surface area contributed by atoms with Crippen LogP contribution in [-0.2, 0) is 6.54 Å². The standard InChI is InChI=1S/C11H17N3OS.2ClH/c1-3-16-11(13)14-9-5-4-8(7-12)10(6-9)15-2;;/h4-6H,3,7,12H2,1-2H3,(H2,13,14);2*1H. The van der Waals surface area contributed by atoms with E-state index in [9.17, 15) is 0 Å². The lowest BCUT2D eigenvalue weighted by atomic mass is 10.2. The van der Waals surface area contributed by atoms with Crippen molar-refractivity contribution < 1.29 is 4.74 Å². The third-order valence-electron chi connectivity index (χ3n) is 2.02. The Morgan fingerprint density at radius 2 is 2.06 bits per heavy atom. The van der Waals surface area contributed by atoms with E-state index in [0.717, 1.165) is 22.8 Å². The lowest BCUT2D eigenvalue weighted by Crippen LogP contribution is -2.06. The summed E-state index contributed by atoms with van der Waals surface area (Å²) in [5, 5.41) is 0.560. The molecule has 7 heteroatoms. The fourth-order valence-electron chi connectivity index (χ4n) is 1.28. The van der Waals surface area contributed by atoms with Crippen molar-refractivity contribution in [1.82, 2.24) is 0 Å². The summed E-state index contributed by atoms with van der Waals surface area (Å²) in [5.41, 5.74) is 13.1. The van der Waals surface area contributed by atoms with Crippen molar-refractivity contribution in [3.63, 3.8) is 0 Å². The second kappa shape index (κ2) is 10.3. The van der Waals surface area contributed by atoms with Crippen molar-refractivity contribution in [2.75, 3.05) is 12.9 Å². The molecule has 0 atom stereocenters. The molecule has 4 nitrogen and oxygen atoms in total. The third-order valence-corrected chi connectivity index (χ3v) is 2.70. The molecule has 0 aliphatic rings. The molecule has 104 valence electrons. The number of aliphatic imine (C=N–C) groups is 1. The minimum absolute atomic E-state index is 0. The zero-order chi connectivity index (χ0) is 12.0. The van der Waals surface area contributed by atoms with Crippen molar-refractivity contribution in [2.45, 2.75) is 13.5 Å². The molecule has 0 saturated carbocycles. The van der Waals surface area contributed by atoms with Crippen molar-refractivity contribution in [1.29, 1.82) is 0 Å². The molecule has 0 fully saturated rings. The van der Waals surface area contributed by atoms with E-state index in [1.165, 1.54) is 11.8 Å². The molecule has 0 spiro atoms. The van der Waals surface area contributed by atoms with Gasteiger partial charge in [-0.3, -0.25) is 0 Å². The third kappa shape index (κ3) is 5.82. The van der Waals surface area contributed by atoms with E-state index in [0.29, 0.717) is 11.7 Å². The summed E-state index contributed by atoms with van der Waals surface area (Å²) in [6.07, 6.45) is 0. The molecule has 1 rings (SSSR count). The van der Waals surface area contributed by atoms with Crippen molar-refractivity contribution >= 4 is 47.4 Å². The van der Waals surface area contributed by atoms with Gasteiger partial charge in [0, 0.05) is 18.2 Å². The summed E-state index contributed by atoms with van der Waals surface area (Å²) in [6, 6.07) is 5.63. The minimum atomic E-state index is 0. The Hall–Kier alpha value is -0.620. The topological polar surface area (TPSA) is 73.6 Å². The van der Waals surface area contributed by atoms with Crippen LogP contribution in [0.4, 0.5) is 5.69 Å². The van der Waals surface area contributed by atoms with Crippen LogP contribution in [0, 0.1) is 0 Å². The van der Waals surface area contributed by atoms with Crippen molar-refractivity contribution in [2.24, 2.45) is 16.5 Å². The number of nitrogens with two attached hydrogens (primary N) is 2. The first-order chi connectivity index (χ1) is 7.71. The van der Waals surface area contributed by atoms with Crippen LogP contribution in [0.1, 0.15) is 12.5 Å². The zero-order valence-corrected chi connectivity index (χ0v) is 12.8. The highest BCUT2D eigenvalue weighted by Crippen LogP contribution is 2.25. The Bertz CT molecular complexity index is 389. The lowest BCUT2D eigenvalue weighted by Gasteiger charge is -2.07. The predicted octanol–water partition coefficient (Wildman–Crippen LogP) is 2.70. The van der Waals surface area contributed by atoms with Crippen molar-refractivity contribution in [3.8, 4) is 5.75 Å². The Morgan fingerprint density at radius 3 is 2.56 bits per heavy atom. The van der Waals surface area contributed by atoms with Crippen LogP contribution in [0.15, 0.2) is 23.2 Å². The Kier molecular flexibility index (Phi) is 11.3. The molecular formula is C11H19Cl2N3OS. The molecule has 18 heavy (non-hydrogen) atoms. The molecule has 0 aliphatic carbocycles. The summed E-state index contributed by atoms with van der Waals surface area (Å²) in [6.45, 7) is 2.48. The van der Waals surface area contributed by atoms with Gasteiger partial charge in [-0.1, -0.05) is 24.8 Å². The summed E-state index contributed by atoms with van der Waals surface area (Å²) in [7, 11) is 1.62. The van der Waals surface area contributed by atoms with Crippen LogP contribution >= 0.6 is 36.6 Å². The first-order valence-corrected chi connectivity index (χ1v) is 6.03. The van der Waals surface area contributed by atoms with Gasteiger partial charge in [0.1, 0.15) is 5.75 Å². The smallest absolute Gasteiger partial charge is 0.159 e. The average Bonchev–Trinajstić information content (AvgIpc) is 2.29. The monoisotopic (exact) mass is 311 g/mol. The number of benzene rings is 1. The quantitative estimate of drug-likeness (QED) is 0.662. The van der Waals surface area contributed by atoms with Crippen LogP contribution in [0.3, 0.4) is 0 Å². The molecule has 0 saturated heterocycles. The molecule has 4 N–H and O–H groups in total. The number of rotatable bonds is 4. The van der Waals surface area contributed by atoms with Gasteiger partial charge in [0.15, 0.2) is 5.17 Å². The highest BCUT2D eigenvalue weighted by atomic mass is 35.5. The first-order valence-electron chi connectivity index (χ1n) is 5.05. The van der Waals surface area contributed by atoms with Crippen LogP contribution in [0.5, 0.6) is 5.75 Å². The molecule has 0 unspecified atom stereocenters. The number of nitrogens with zero attached hydrogens (tertiary/aromatic N) is 1. The van der Waals surface area contributed by atoms with Gasteiger partial charge in [-0.15, -0.1) is 24.8 Å². The van der Waals surface area contributed by atoms with E-state index in [2.05, 4.69) is 4.99 Å². The molecular weight excluding hydrogens is 293 g/mol. The zero-order valence-electron chi connectivity index (χ0n) is 10.4. The molecule has 0 heterocycles. The highest BCUT2D eigenvalue weighted by molar-refractivity contribution is 8.13. The SMILES string of the molecule is CCSC(N)=Nc1ccc(CN)c(OC)c1.Cl.Cl. The number of thioether (sulfide) groups is 1. The van der Waals surface area contributed by atoms with Crippen molar-refractivity contribution in [3.05, 3.63) is 23.8 Å². The van der Waals surface area contributed by atoms with E-state index in [1.54, 1.807) is 7.11 Å². The van der Waals surface area contributed by atoms with E-state index in [-0.39, 0.29) is 24.8 Å². The van der Waals surface area contributed by atoms with Crippen LogP contribution in [0.2, 0.25) is 0 Å². The molecule has 0 bridgehead atoms. The largest absolute Gasteiger partial charge is 0.496 e. The van der Waals surface area contributed by atoms with Gasteiger partial charge in [-0.2, -0.15) is 0 Å². The Balaban J connectivity index is 0. The number of amidine groups is 1. The number of methoxy groups -OCH3 is 1. The maximum absolute atomic E-state index is 5.73. The summed E-state index contributed by atoms with van der Waals surface area (Å²) < 4.78 is 5.22. The van der Waals surface area contributed by atoms with Crippen LogP contribution in [-0.4, -0.2) is 18.0 Å². The van der Waals surface area contributed by atoms with E-state index >= 15 is 0 Å². The Morgan fingerprint density at radius 1 is 1.39 bits per heavy atom. The first kappa shape index (κ1) is 19.7. The number of hydrogen-bond acceptors (Lipinski definition) is 4. The van der Waals surface area contributed by atoms with Gasteiger partial charge >= 0.3 is 0 Å². The van der Waals surface area contributed by atoms with Gasteiger partial charge in [-0.25, -0.2) is 4.99 Å². The molecule has 0 radical (unpaired) electrons.